The molecule has 146 valence electrons. The van der Waals surface area contributed by atoms with E-state index < -0.39 is 36.0 Å². The number of benzene rings is 2. The fourth-order valence-corrected chi connectivity index (χ4v) is 2.25. The molecule has 8 nitrogen and oxygen atoms in total. The van der Waals surface area contributed by atoms with Gasteiger partial charge in [0.1, 0.15) is 0 Å². The fourth-order valence-electron chi connectivity index (χ4n) is 2.25. The second-order valence-electron chi connectivity index (χ2n) is 5.95. The third-order valence-corrected chi connectivity index (χ3v) is 3.69. The van der Waals surface area contributed by atoms with Gasteiger partial charge in [0.15, 0.2) is 0 Å². The molecule has 0 fully saturated rings. The highest BCUT2D eigenvalue weighted by molar-refractivity contribution is 5.96. The molecule has 0 radical (unpaired) electrons. The second kappa shape index (κ2) is 9.31. The molecule has 0 bridgehead atoms. The van der Waals surface area contributed by atoms with Gasteiger partial charge in [0.25, 0.3) is 5.91 Å². The monoisotopic (exact) mass is 385 g/mol. The van der Waals surface area contributed by atoms with Crippen molar-refractivity contribution in [3.63, 3.8) is 0 Å². The third-order valence-electron chi connectivity index (χ3n) is 3.69. The molecule has 1 N–H and O–H groups in total. The first-order valence-electron chi connectivity index (χ1n) is 8.27. The molecule has 28 heavy (non-hydrogen) atoms. The van der Waals surface area contributed by atoms with E-state index in [1.165, 1.54) is 38.4 Å². The van der Waals surface area contributed by atoms with Crippen LogP contribution in [0.5, 0.6) is 0 Å². The Morgan fingerprint density at radius 2 is 1.14 bits per heavy atom. The number of rotatable bonds is 7. The largest absolute Gasteiger partial charge is 0.478 e. The molecule has 8 heteroatoms. The number of carbonyl (C=O) groups is 4. The quantitative estimate of drug-likeness (QED) is 0.721. The standard InChI is InChI=1S/C20H19NO7/c1-21(2)17(22)15(27-19(25)13-9-5-3-6-10-13)16(18(23)24)28-20(26)14-11-7-4-8-12-14/h3-12,15-16H,1-2H3,(H,23,24)/t15-,16+/m1/s1. The summed E-state index contributed by atoms with van der Waals surface area (Å²) < 4.78 is 10.1. The van der Waals surface area contributed by atoms with Crippen LogP contribution in [0.3, 0.4) is 0 Å². The zero-order chi connectivity index (χ0) is 20.7. The summed E-state index contributed by atoms with van der Waals surface area (Å²) in [4.78, 5) is 49.8. The maximum atomic E-state index is 12.5. The molecule has 0 aromatic heterocycles. The van der Waals surface area contributed by atoms with Crippen molar-refractivity contribution >= 4 is 23.8 Å². The molecule has 2 aromatic rings. The van der Waals surface area contributed by atoms with E-state index in [9.17, 15) is 24.3 Å². The molecule has 2 atom stereocenters. The van der Waals surface area contributed by atoms with Crippen LogP contribution in [0.4, 0.5) is 0 Å². The zero-order valence-electron chi connectivity index (χ0n) is 15.3. The zero-order valence-corrected chi connectivity index (χ0v) is 15.3. The normalized spacial score (nSPS) is 12.4. The number of aliphatic carboxylic acids is 1. The highest BCUT2D eigenvalue weighted by Gasteiger charge is 2.41. The van der Waals surface area contributed by atoms with Crippen LogP contribution >= 0.6 is 0 Å². The van der Waals surface area contributed by atoms with E-state index in [-0.39, 0.29) is 11.1 Å². The summed E-state index contributed by atoms with van der Waals surface area (Å²) in [6.07, 6.45) is -3.87. The van der Waals surface area contributed by atoms with Crippen LogP contribution in [0.25, 0.3) is 0 Å². The smallest absolute Gasteiger partial charge is 0.349 e. The third kappa shape index (κ3) is 5.16. The molecule has 0 saturated heterocycles. The Bertz CT molecular complexity index is 849. The predicted octanol–water partition coefficient (Wildman–Crippen LogP) is 1.61. The Balaban J connectivity index is 2.29. The summed E-state index contributed by atoms with van der Waals surface area (Å²) in [5, 5.41) is 9.51. The highest BCUT2D eigenvalue weighted by Crippen LogP contribution is 2.14. The van der Waals surface area contributed by atoms with Gasteiger partial charge in [-0.1, -0.05) is 36.4 Å². The molecule has 0 aliphatic carbocycles. The van der Waals surface area contributed by atoms with Gasteiger partial charge < -0.3 is 19.5 Å². The number of carboxylic acids is 1. The number of carbonyl (C=O) groups excluding carboxylic acids is 3. The molecule has 1 amide bonds. The van der Waals surface area contributed by atoms with Gasteiger partial charge >= 0.3 is 17.9 Å². The molecule has 0 aliphatic heterocycles. The maximum Gasteiger partial charge on any atom is 0.349 e. The van der Waals surface area contributed by atoms with Crippen molar-refractivity contribution in [3.8, 4) is 0 Å². The number of esters is 2. The number of amides is 1. The molecular formula is C20H19NO7. The van der Waals surface area contributed by atoms with Crippen LogP contribution < -0.4 is 0 Å². The molecule has 0 saturated carbocycles. The molecule has 2 aromatic carbocycles. The SMILES string of the molecule is CN(C)C(=O)[C@H](OC(=O)c1ccccc1)[C@H](OC(=O)c1ccccc1)C(=O)O. The summed E-state index contributed by atoms with van der Waals surface area (Å²) in [5.74, 6) is -4.33. The van der Waals surface area contributed by atoms with E-state index in [4.69, 9.17) is 9.47 Å². The van der Waals surface area contributed by atoms with Crippen molar-refractivity contribution in [2.75, 3.05) is 14.1 Å². The second-order valence-corrected chi connectivity index (χ2v) is 5.95. The predicted molar refractivity (Wildman–Crippen MR) is 97.6 cm³/mol. The number of hydrogen-bond acceptors (Lipinski definition) is 6. The fraction of sp³-hybridized carbons (Fsp3) is 0.200. The van der Waals surface area contributed by atoms with Crippen molar-refractivity contribution in [3.05, 3.63) is 71.8 Å². The molecule has 0 aliphatic rings. The first kappa shape index (κ1) is 20.6. The first-order chi connectivity index (χ1) is 13.3. The van der Waals surface area contributed by atoms with Crippen molar-refractivity contribution in [1.29, 1.82) is 0 Å². The lowest BCUT2D eigenvalue weighted by Gasteiger charge is -2.25. The lowest BCUT2D eigenvalue weighted by atomic mass is 10.1. The van der Waals surface area contributed by atoms with Crippen LogP contribution in [-0.2, 0) is 19.1 Å². The molecule has 2 rings (SSSR count). The van der Waals surface area contributed by atoms with Crippen molar-refractivity contribution in [2.24, 2.45) is 0 Å². The van der Waals surface area contributed by atoms with Crippen molar-refractivity contribution in [2.45, 2.75) is 12.2 Å². The Hall–Kier alpha value is -3.68. The van der Waals surface area contributed by atoms with Gasteiger partial charge in [-0.25, -0.2) is 14.4 Å². The van der Waals surface area contributed by atoms with Crippen molar-refractivity contribution < 1.29 is 33.8 Å². The van der Waals surface area contributed by atoms with Gasteiger partial charge in [-0.3, -0.25) is 4.79 Å². The minimum Gasteiger partial charge on any atom is -0.478 e. The summed E-state index contributed by atoms with van der Waals surface area (Å²) in [7, 11) is 2.73. The van der Waals surface area contributed by atoms with E-state index in [0.717, 1.165) is 4.90 Å². The average Bonchev–Trinajstić information content (AvgIpc) is 2.70. The average molecular weight is 385 g/mol. The lowest BCUT2D eigenvalue weighted by Crippen LogP contribution is -2.49. The van der Waals surface area contributed by atoms with Crippen LogP contribution in [-0.4, -0.2) is 60.1 Å². The molecule has 0 heterocycles. The summed E-state index contributed by atoms with van der Waals surface area (Å²) in [6.45, 7) is 0. The van der Waals surface area contributed by atoms with Gasteiger partial charge in [0, 0.05) is 14.1 Å². The van der Waals surface area contributed by atoms with Gasteiger partial charge in [0.2, 0.25) is 12.2 Å². The number of nitrogens with zero attached hydrogens (tertiary/aromatic N) is 1. The number of likely N-dealkylation sites (N-methyl/N-ethyl adjacent to an activating group) is 1. The number of hydrogen-bond donors (Lipinski definition) is 1. The Morgan fingerprint density at radius 1 is 0.750 bits per heavy atom. The number of carboxylic acid groups (broad SMARTS) is 1. The van der Waals surface area contributed by atoms with E-state index in [2.05, 4.69) is 0 Å². The van der Waals surface area contributed by atoms with Gasteiger partial charge in [-0.05, 0) is 24.3 Å². The van der Waals surface area contributed by atoms with Gasteiger partial charge in [0.05, 0.1) is 11.1 Å². The summed E-state index contributed by atoms with van der Waals surface area (Å²) in [5.41, 5.74) is 0.219. The lowest BCUT2D eigenvalue weighted by molar-refractivity contribution is -0.162. The van der Waals surface area contributed by atoms with E-state index in [1.807, 2.05) is 0 Å². The Kier molecular flexibility index (Phi) is 6.86. The molecule has 0 spiro atoms. The van der Waals surface area contributed by atoms with Crippen LogP contribution in [0.15, 0.2) is 60.7 Å². The summed E-state index contributed by atoms with van der Waals surface area (Å²) >= 11 is 0. The van der Waals surface area contributed by atoms with Gasteiger partial charge in [-0.2, -0.15) is 0 Å². The van der Waals surface area contributed by atoms with Crippen LogP contribution in [0, 0.1) is 0 Å². The van der Waals surface area contributed by atoms with Crippen LogP contribution in [0.2, 0.25) is 0 Å². The summed E-state index contributed by atoms with van der Waals surface area (Å²) in [6, 6.07) is 15.4. The Labute approximate surface area is 161 Å². The Morgan fingerprint density at radius 3 is 1.50 bits per heavy atom. The minimum absolute atomic E-state index is 0.0965. The van der Waals surface area contributed by atoms with E-state index in [0.29, 0.717) is 0 Å². The number of ether oxygens (including phenoxy) is 2. The highest BCUT2D eigenvalue weighted by atomic mass is 16.6. The first-order valence-corrected chi connectivity index (χ1v) is 8.27. The van der Waals surface area contributed by atoms with E-state index >= 15 is 0 Å². The molecular weight excluding hydrogens is 366 g/mol. The molecule has 0 unspecified atom stereocenters. The maximum absolute atomic E-state index is 12.5. The topological polar surface area (TPSA) is 110 Å². The minimum atomic E-state index is -2.02. The van der Waals surface area contributed by atoms with Crippen molar-refractivity contribution in [1.82, 2.24) is 4.90 Å². The van der Waals surface area contributed by atoms with Gasteiger partial charge in [-0.15, -0.1) is 0 Å². The van der Waals surface area contributed by atoms with Crippen LogP contribution in [0.1, 0.15) is 20.7 Å². The van der Waals surface area contributed by atoms with E-state index in [1.54, 1.807) is 36.4 Å².